The summed E-state index contributed by atoms with van der Waals surface area (Å²) in [6.07, 6.45) is 0.275. The van der Waals surface area contributed by atoms with Gasteiger partial charge in [-0.05, 0) is 23.8 Å². The lowest BCUT2D eigenvalue weighted by atomic mass is 10.1. The monoisotopic (exact) mass is 392 g/mol. The summed E-state index contributed by atoms with van der Waals surface area (Å²) in [5.74, 6) is -0.715. The first kappa shape index (κ1) is 20.2. The molecule has 0 saturated heterocycles. The minimum Gasteiger partial charge on any atom is -0.496 e. The lowest BCUT2D eigenvalue weighted by Crippen LogP contribution is -2.12. The highest BCUT2D eigenvalue weighted by Gasteiger charge is 2.18. The normalized spacial score (nSPS) is 10.2. The molecule has 0 saturated carbocycles. The molecule has 0 aliphatic heterocycles. The third-order valence-electron chi connectivity index (χ3n) is 3.62. The average Bonchev–Trinajstić information content (AvgIpc) is 2.67. The van der Waals surface area contributed by atoms with Gasteiger partial charge in [-0.15, -0.1) is 0 Å². The van der Waals surface area contributed by atoms with Gasteiger partial charge in [-0.2, -0.15) is 0 Å². The van der Waals surface area contributed by atoms with Crippen LogP contribution in [0.5, 0.6) is 5.75 Å². The molecular formula is C18H17ClN2O6. The smallest absolute Gasteiger partial charge is 0.342 e. The summed E-state index contributed by atoms with van der Waals surface area (Å²) in [6, 6.07) is 8.44. The molecule has 0 aromatic heterocycles. The fourth-order valence-corrected chi connectivity index (χ4v) is 2.37. The first-order chi connectivity index (χ1) is 12.8. The number of anilines is 1. The number of methoxy groups -OCH3 is 1. The number of hydrogen-bond donors (Lipinski definition) is 1. The summed E-state index contributed by atoms with van der Waals surface area (Å²) in [5.41, 5.74) is 0.959. The second kappa shape index (κ2) is 9.00. The zero-order chi connectivity index (χ0) is 20.0. The predicted molar refractivity (Wildman–Crippen MR) is 99.1 cm³/mol. The van der Waals surface area contributed by atoms with Gasteiger partial charge in [0, 0.05) is 24.6 Å². The van der Waals surface area contributed by atoms with Crippen molar-refractivity contribution in [1.29, 1.82) is 0 Å². The Morgan fingerprint density at radius 2 is 1.89 bits per heavy atom. The van der Waals surface area contributed by atoms with Crippen LogP contribution in [0, 0.1) is 10.1 Å². The molecule has 2 rings (SSSR count). The Balaban J connectivity index is 2.14. The van der Waals surface area contributed by atoms with E-state index in [1.165, 1.54) is 43.5 Å². The van der Waals surface area contributed by atoms with Crippen molar-refractivity contribution in [1.82, 2.24) is 0 Å². The maximum absolute atomic E-state index is 12.4. The number of benzene rings is 2. The van der Waals surface area contributed by atoms with Crippen LogP contribution in [0.25, 0.3) is 0 Å². The molecule has 1 N–H and O–H groups in total. The minimum absolute atomic E-state index is 0.0526. The van der Waals surface area contributed by atoms with E-state index in [0.29, 0.717) is 11.3 Å². The molecule has 0 unspecified atom stereocenters. The van der Waals surface area contributed by atoms with E-state index in [1.54, 1.807) is 6.92 Å². The SMILES string of the molecule is CCC(=O)Nc1cc(OC)c(C(=O)OCc2ccc([N+](=O)[O-])cc2)cc1Cl. The van der Waals surface area contributed by atoms with Crippen molar-refractivity contribution in [3.8, 4) is 5.75 Å². The van der Waals surface area contributed by atoms with Gasteiger partial charge < -0.3 is 14.8 Å². The number of hydrogen-bond acceptors (Lipinski definition) is 6. The van der Waals surface area contributed by atoms with Crippen molar-refractivity contribution < 1.29 is 24.0 Å². The van der Waals surface area contributed by atoms with Gasteiger partial charge in [0.05, 0.1) is 22.7 Å². The van der Waals surface area contributed by atoms with Gasteiger partial charge in [0.15, 0.2) is 0 Å². The van der Waals surface area contributed by atoms with Gasteiger partial charge in [-0.3, -0.25) is 14.9 Å². The summed E-state index contributed by atoms with van der Waals surface area (Å²) in [6.45, 7) is 1.62. The number of rotatable bonds is 7. The van der Waals surface area contributed by atoms with E-state index < -0.39 is 10.9 Å². The Labute approximate surface area is 160 Å². The molecule has 0 spiro atoms. The molecule has 0 radical (unpaired) electrons. The van der Waals surface area contributed by atoms with E-state index in [9.17, 15) is 19.7 Å². The summed E-state index contributed by atoms with van der Waals surface area (Å²) in [5, 5.41) is 13.4. The number of ether oxygens (including phenoxy) is 2. The van der Waals surface area contributed by atoms with Crippen LogP contribution in [0.2, 0.25) is 5.02 Å². The number of carbonyl (C=O) groups is 2. The van der Waals surface area contributed by atoms with Crippen molar-refractivity contribution in [2.45, 2.75) is 20.0 Å². The Hall–Kier alpha value is -3.13. The maximum atomic E-state index is 12.4. The molecule has 1 amide bonds. The number of nitrogens with zero attached hydrogens (tertiary/aromatic N) is 1. The molecule has 2 aromatic carbocycles. The molecule has 27 heavy (non-hydrogen) atoms. The quantitative estimate of drug-likeness (QED) is 0.434. The van der Waals surface area contributed by atoms with Gasteiger partial charge >= 0.3 is 5.97 Å². The number of non-ortho nitro benzene ring substituents is 1. The molecule has 2 aromatic rings. The number of esters is 1. The number of halogens is 1. The third-order valence-corrected chi connectivity index (χ3v) is 3.93. The molecule has 8 nitrogen and oxygen atoms in total. The van der Waals surface area contributed by atoms with Gasteiger partial charge in [-0.1, -0.05) is 18.5 Å². The Bertz CT molecular complexity index is 867. The molecular weight excluding hydrogens is 376 g/mol. The van der Waals surface area contributed by atoms with Crippen LogP contribution in [0.15, 0.2) is 36.4 Å². The molecule has 0 aliphatic rings. The Kier molecular flexibility index (Phi) is 6.73. The highest BCUT2D eigenvalue weighted by molar-refractivity contribution is 6.34. The summed E-state index contributed by atoms with van der Waals surface area (Å²) >= 11 is 6.13. The summed E-state index contributed by atoms with van der Waals surface area (Å²) in [7, 11) is 1.38. The molecule has 0 atom stereocenters. The van der Waals surface area contributed by atoms with Crippen LogP contribution in [-0.2, 0) is 16.1 Å². The molecule has 0 bridgehead atoms. The maximum Gasteiger partial charge on any atom is 0.342 e. The molecule has 142 valence electrons. The van der Waals surface area contributed by atoms with E-state index in [1.807, 2.05) is 0 Å². The lowest BCUT2D eigenvalue weighted by Gasteiger charge is -2.13. The topological polar surface area (TPSA) is 108 Å². The van der Waals surface area contributed by atoms with E-state index in [4.69, 9.17) is 21.1 Å². The van der Waals surface area contributed by atoms with E-state index in [0.717, 1.165) is 0 Å². The lowest BCUT2D eigenvalue weighted by molar-refractivity contribution is -0.384. The van der Waals surface area contributed by atoms with Crippen LogP contribution >= 0.6 is 11.6 Å². The highest BCUT2D eigenvalue weighted by Crippen LogP contribution is 2.31. The molecule has 0 heterocycles. The third kappa shape index (κ3) is 5.18. The predicted octanol–water partition coefficient (Wildman–Crippen LogP) is 3.96. The first-order valence-electron chi connectivity index (χ1n) is 7.93. The molecule has 9 heteroatoms. The van der Waals surface area contributed by atoms with Gasteiger partial charge in [0.25, 0.3) is 5.69 Å². The van der Waals surface area contributed by atoms with Crippen molar-refractivity contribution in [3.63, 3.8) is 0 Å². The highest BCUT2D eigenvalue weighted by atomic mass is 35.5. The van der Waals surface area contributed by atoms with Crippen molar-refractivity contribution in [2.24, 2.45) is 0 Å². The number of nitro benzene ring substituents is 1. The van der Waals surface area contributed by atoms with Crippen molar-refractivity contribution in [2.75, 3.05) is 12.4 Å². The van der Waals surface area contributed by atoms with Crippen molar-refractivity contribution >= 4 is 34.9 Å². The van der Waals surface area contributed by atoms with E-state index >= 15 is 0 Å². The Morgan fingerprint density at radius 1 is 1.22 bits per heavy atom. The number of carbonyl (C=O) groups excluding carboxylic acids is 2. The number of nitro groups is 1. The zero-order valence-corrected chi connectivity index (χ0v) is 15.4. The first-order valence-corrected chi connectivity index (χ1v) is 8.31. The summed E-state index contributed by atoms with van der Waals surface area (Å²) < 4.78 is 10.4. The van der Waals surface area contributed by atoms with Gasteiger partial charge in [0.2, 0.25) is 5.91 Å². The number of amides is 1. The average molecular weight is 393 g/mol. The fourth-order valence-electron chi connectivity index (χ4n) is 2.16. The van der Waals surface area contributed by atoms with Crippen LogP contribution in [0.4, 0.5) is 11.4 Å². The minimum atomic E-state index is -0.680. The molecule has 0 aliphatic carbocycles. The van der Waals surface area contributed by atoms with E-state index in [2.05, 4.69) is 5.32 Å². The second-order valence-electron chi connectivity index (χ2n) is 5.43. The summed E-state index contributed by atoms with van der Waals surface area (Å²) in [4.78, 5) is 34.0. The van der Waals surface area contributed by atoms with Gasteiger partial charge in [-0.25, -0.2) is 4.79 Å². The standard InChI is InChI=1S/C18H17ClN2O6/c1-3-17(22)20-15-9-16(26-2)13(8-14(15)19)18(23)27-10-11-4-6-12(7-5-11)21(24)25/h4-9H,3,10H2,1-2H3,(H,20,22). The zero-order valence-electron chi connectivity index (χ0n) is 14.7. The number of nitrogens with one attached hydrogen (secondary N) is 1. The Morgan fingerprint density at radius 3 is 2.44 bits per heavy atom. The van der Waals surface area contributed by atoms with Crippen LogP contribution < -0.4 is 10.1 Å². The second-order valence-corrected chi connectivity index (χ2v) is 5.84. The van der Waals surface area contributed by atoms with Crippen LogP contribution in [-0.4, -0.2) is 23.9 Å². The van der Waals surface area contributed by atoms with Crippen molar-refractivity contribution in [3.05, 3.63) is 62.7 Å². The fraction of sp³-hybridized carbons (Fsp3) is 0.222. The van der Waals surface area contributed by atoms with Crippen LogP contribution in [0.3, 0.4) is 0 Å². The largest absolute Gasteiger partial charge is 0.496 e. The van der Waals surface area contributed by atoms with E-state index in [-0.39, 0.29) is 41.0 Å². The van der Waals surface area contributed by atoms with Gasteiger partial charge in [0.1, 0.15) is 17.9 Å². The van der Waals surface area contributed by atoms with Crippen LogP contribution in [0.1, 0.15) is 29.3 Å². The molecule has 0 fully saturated rings.